The fourth-order valence-electron chi connectivity index (χ4n) is 4.25. The zero-order valence-corrected chi connectivity index (χ0v) is 17.3. The highest BCUT2D eigenvalue weighted by Gasteiger charge is 2.57. The van der Waals surface area contributed by atoms with E-state index >= 15 is 0 Å². The fraction of sp³-hybridized carbons (Fsp3) is 0.947. The van der Waals surface area contributed by atoms with Gasteiger partial charge in [0.2, 0.25) is 0 Å². The van der Waals surface area contributed by atoms with Crippen molar-refractivity contribution in [1.29, 1.82) is 0 Å². The lowest BCUT2D eigenvalue weighted by Gasteiger charge is -2.57. The number of carbonyl (C=O) groups is 1. The van der Waals surface area contributed by atoms with Gasteiger partial charge in [-0.2, -0.15) is 0 Å². The zero-order chi connectivity index (χ0) is 17.8. The first-order valence-electron chi connectivity index (χ1n) is 9.07. The van der Waals surface area contributed by atoms with Crippen molar-refractivity contribution in [3.63, 3.8) is 0 Å². The molecule has 0 aromatic carbocycles. The summed E-state index contributed by atoms with van der Waals surface area (Å²) in [6.45, 7) is 18.0. The Morgan fingerprint density at radius 3 is 2.22 bits per heavy atom. The minimum absolute atomic E-state index is 0.0319. The highest BCUT2D eigenvalue weighted by molar-refractivity contribution is 6.74. The number of aliphatic hydroxyl groups excluding tert-OH is 1. The van der Waals surface area contributed by atoms with Crippen LogP contribution < -0.4 is 0 Å². The Balaban J connectivity index is 2.37. The second-order valence-corrected chi connectivity index (χ2v) is 15.3. The average Bonchev–Trinajstić information content (AvgIpc) is 2.29. The second kappa shape index (κ2) is 5.67. The predicted octanol–water partition coefficient (Wildman–Crippen LogP) is 4.54. The minimum atomic E-state index is -1.92. The van der Waals surface area contributed by atoms with Crippen LogP contribution in [0, 0.1) is 16.7 Å². The first-order valence-corrected chi connectivity index (χ1v) is 12.0. The molecular formula is C19H36O3Si. The lowest BCUT2D eigenvalue weighted by molar-refractivity contribution is -0.157. The van der Waals surface area contributed by atoms with E-state index < -0.39 is 14.4 Å². The van der Waals surface area contributed by atoms with Gasteiger partial charge in [-0.15, -0.1) is 0 Å². The molecule has 1 N–H and O–H groups in total. The molecule has 2 fully saturated rings. The van der Waals surface area contributed by atoms with Crippen molar-refractivity contribution in [2.45, 2.75) is 97.6 Å². The molecule has 0 aliphatic heterocycles. The molecule has 4 heteroatoms. The van der Waals surface area contributed by atoms with Gasteiger partial charge in [0, 0.05) is 17.8 Å². The Hall–Kier alpha value is -0.193. The molecule has 0 aromatic rings. The van der Waals surface area contributed by atoms with Gasteiger partial charge in [-0.3, -0.25) is 4.79 Å². The van der Waals surface area contributed by atoms with E-state index in [4.69, 9.17) is 4.43 Å². The second-order valence-electron chi connectivity index (χ2n) is 10.5. The van der Waals surface area contributed by atoms with Crippen molar-refractivity contribution in [2.24, 2.45) is 16.7 Å². The third-order valence-electron chi connectivity index (χ3n) is 6.77. The molecule has 0 aromatic heterocycles. The molecule has 3 nitrogen and oxygen atoms in total. The average molecular weight is 341 g/mol. The van der Waals surface area contributed by atoms with Gasteiger partial charge in [-0.05, 0) is 42.8 Å². The Kier molecular flexibility index (Phi) is 4.72. The van der Waals surface area contributed by atoms with Gasteiger partial charge in [-0.25, -0.2) is 0 Å². The molecule has 23 heavy (non-hydrogen) atoms. The van der Waals surface area contributed by atoms with Gasteiger partial charge in [-0.1, -0.05) is 41.5 Å². The molecule has 0 unspecified atom stereocenters. The summed E-state index contributed by atoms with van der Waals surface area (Å²) in [5.41, 5.74) is -0.102. The van der Waals surface area contributed by atoms with E-state index in [2.05, 4.69) is 54.6 Å². The van der Waals surface area contributed by atoms with Crippen LogP contribution in [0.3, 0.4) is 0 Å². The maximum Gasteiger partial charge on any atom is 0.192 e. The van der Waals surface area contributed by atoms with Crippen molar-refractivity contribution in [3.8, 4) is 0 Å². The van der Waals surface area contributed by atoms with Crippen LogP contribution in [0.4, 0.5) is 0 Å². The molecule has 0 bridgehead atoms. The molecule has 0 amide bonds. The standard InChI is InChI=1S/C19H36O3Si/c1-17(2,3)23(7,8)22-16-12-18(4,5)11-14-15(21)9-13(20)10-19(14,16)6/h13-14,16,20H,9-12H2,1-8H3/t13-,14-,16-,19-/m0/s1. The van der Waals surface area contributed by atoms with Crippen molar-refractivity contribution in [3.05, 3.63) is 0 Å². The van der Waals surface area contributed by atoms with Crippen LogP contribution >= 0.6 is 0 Å². The molecule has 0 spiro atoms. The molecule has 2 aliphatic rings. The summed E-state index contributed by atoms with van der Waals surface area (Å²) in [5.74, 6) is 0.271. The van der Waals surface area contributed by atoms with E-state index in [9.17, 15) is 9.90 Å². The van der Waals surface area contributed by atoms with Gasteiger partial charge in [0.25, 0.3) is 0 Å². The van der Waals surface area contributed by atoms with Crippen LogP contribution in [0.1, 0.15) is 67.2 Å². The number of Topliss-reactive ketones (excluding diaryl/α,β-unsaturated/α-hetero) is 1. The van der Waals surface area contributed by atoms with Crippen LogP contribution in [-0.2, 0) is 9.22 Å². The topological polar surface area (TPSA) is 46.5 Å². The Morgan fingerprint density at radius 1 is 1.13 bits per heavy atom. The number of hydrogen-bond acceptors (Lipinski definition) is 3. The number of ketones is 1. The zero-order valence-electron chi connectivity index (χ0n) is 16.3. The van der Waals surface area contributed by atoms with Crippen LogP contribution in [0.2, 0.25) is 18.1 Å². The monoisotopic (exact) mass is 340 g/mol. The summed E-state index contributed by atoms with van der Waals surface area (Å²) in [7, 11) is -1.92. The summed E-state index contributed by atoms with van der Waals surface area (Å²) in [6, 6.07) is 0. The minimum Gasteiger partial charge on any atom is -0.413 e. The fourth-order valence-corrected chi connectivity index (χ4v) is 5.66. The first kappa shape index (κ1) is 19.1. The lowest BCUT2D eigenvalue weighted by Crippen LogP contribution is -2.59. The van der Waals surface area contributed by atoms with Crippen molar-refractivity contribution in [2.75, 3.05) is 0 Å². The van der Waals surface area contributed by atoms with Crippen LogP contribution in [0.25, 0.3) is 0 Å². The number of hydrogen-bond donors (Lipinski definition) is 1. The summed E-state index contributed by atoms with van der Waals surface area (Å²) in [6.07, 6.45) is 2.48. The molecule has 2 rings (SSSR count). The maximum absolute atomic E-state index is 12.6. The SMILES string of the molecule is CC1(C)C[C@H](O[Si](C)(C)C(C)(C)C)[C@@]2(C)C[C@@H](O)CC(=O)[C@@H]2C1. The number of aliphatic hydroxyl groups is 1. The molecule has 2 saturated carbocycles. The molecule has 0 heterocycles. The molecule has 0 saturated heterocycles. The van der Waals surface area contributed by atoms with Gasteiger partial charge < -0.3 is 9.53 Å². The third-order valence-corrected chi connectivity index (χ3v) is 11.3. The van der Waals surface area contributed by atoms with Gasteiger partial charge in [0.15, 0.2) is 8.32 Å². The van der Waals surface area contributed by atoms with E-state index in [0.29, 0.717) is 12.8 Å². The largest absolute Gasteiger partial charge is 0.413 e. The van der Waals surface area contributed by atoms with Crippen molar-refractivity contribution < 1.29 is 14.3 Å². The van der Waals surface area contributed by atoms with Gasteiger partial charge in [0.05, 0.1) is 12.2 Å². The van der Waals surface area contributed by atoms with Crippen molar-refractivity contribution >= 4 is 14.1 Å². The highest BCUT2D eigenvalue weighted by Crippen LogP contribution is 2.56. The molecule has 0 radical (unpaired) electrons. The summed E-state index contributed by atoms with van der Waals surface area (Å²) in [4.78, 5) is 12.6. The van der Waals surface area contributed by atoms with Crippen molar-refractivity contribution in [1.82, 2.24) is 0 Å². The van der Waals surface area contributed by atoms with E-state index in [1.807, 2.05) is 0 Å². The van der Waals surface area contributed by atoms with Crippen LogP contribution in [0.5, 0.6) is 0 Å². The molecule has 134 valence electrons. The molecular weight excluding hydrogens is 304 g/mol. The third kappa shape index (κ3) is 3.59. The predicted molar refractivity (Wildman–Crippen MR) is 96.9 cm³/mol. The molecule has 4 atom stereocenters. The lowest BCUT2D eigenvalue weighted by atomic mass is 9.53. The summed E-state index contributed by atoms with van der Waals surface area (Å²) >= 11 is 0. The first-order chi connectivity index (χ1) is 10.2. The maximum atomic E-state index is 12.6. The van der Waals surface area contributed by atoms with Crippen LogP contribution in [0.15, 0.2) is 0 Å². The van der Waals surface area contributed by atoms with Gasteiger partial charge in [0.1, 0.15) is 5.78 Å². The van der Waals surface area contributed by atoms with E-state index in [1.54, 1.807) is 0 Å². The molecule has 2 aliphatic carbocycles. The number of carbonyl (C=O) groups excluding carboxylic acids is 1. The Labute approximate surface area is 143 Å². The Bertz CT molecular complexity index is 477. The number of fused-ring (bicyclic) bond motifs is 1. The van der Waals surface area contributed by atoms with E-state index in [1.165, 1.54) is 0 Å². The van der Waals surface area contributed by atoms with E-state index in [-0.39, 0.29) is 33.7 Å². The summed E-state index contributed by atoms with van der Waals surface area (Å²) < 4.78 is 6.82. The highest BCUT2D eigenvalue weighted by atomic mass is 28.4. The number of rotatable bonds is 2. The van der Waals surface area contributed by atoms with E-state index in [0.717, 1.165) is 12.8 Å². The van der Waals surface area contributed by atoms with Crippen LogP contribution in [-0.4, -0.2) is 31.4 Å². The normalized spacial score (nSPS) is 38.3. The smallest absolute Gasteiger partial charge is 0.192 e. The van der Waals surface area contributed by atoms with Gasteiger partial charge >= 0.3 is 0 Å². The Morgan fingerprint density at radius 2 is 1.70 bits per heavy atom. The quantitative estimate of drug-likeness (QED) is 0.751. The summed E-state index contributed by atoms with van der Waals surface area (Å²) in [5, 5.41) is 10.4.